The standard InChI is InChI=1S/C14H11BrClN3/c1-8-5-6-9(15)7-12(8)19-11-4-2-3-10(16)13(11)18-14(19)17/h2-7H,1H3,(H2,17,18). The van der Waals surface area contributed by atoms with E-state index < -0.39 is 0 Å². The van der Waals surface area contributed by atoms with E-state index in [9.17, 15) is 0 Å². The highest BCUT2D eigenvalue weighted by atomic mass is 79.9. The molecule has 0 atom stereocenters. The summed E-state index contributed by atoms with van der Waals surface area (Å²) in [6.07, 6.45) is 0. The second-order valence-corrected chi connectivity index (χ2v) is 5.67. The molecule has 3 aromatic rings. The molecule has 3 nitrogen and oxygen atoms in total. The smallest absolute Gasteiger partial charge is 0.205 e. The number of nitrogens with zero attached hydrogens (tertiary/aromatic N) is 2. The number of nitrogen functional groups attached to an aromatic ring is 1. The highest BCUT2D eigenvalue weighted by Crippen LogP contribution is 2.30. The van der Waals surface area contributed by atoms with Crippen LogP contribution in [0.25, 0.3) is 16.7 Å². The molecule has 0 aliphatic carbocycles. The number of fused-ring (bicyclic) bond motifs is 1. The molecular formula is C14H11BrClN3. The number of halogens is 2. The van der Waals surface area contributed by atoms with Gasteiger partial charge in [-0.1, -0.05) is 39.7 Å². The van der Waals surface area contributed by atoms with E-state index in [-0.39, 0.29) is 0 Å². The molecule has 0 radical (unpaired) electrons. The number of anilines is 1. The molecule has 0 bridgehead atoms. The molecule has 0 unspecified atom stereocenters. The Bertz CT molecular complexity index is 780. The van der Waals surface area contributed by atoms with Gasteiger partial charge in [-0.2, -0.15) is 0 Å². The third kappa shape index (κ3) is 2.01. The van der Waals surface area contributed by atoms with Crippen LogP contribution in [0.15, 0.2) is 40.9 Å². The summed E-state index contributed by atoms with van der Waals surface area (Å²) in [6, 6.07) is 11.7. The van der Waals surface area contributed by atoms with Crippen molar-refractivity contribution < 1.29 is 0 Å². The molecule has 0 aliphatic heterocycles. The zero-order valence-electron chi connectivity index (χ0n) is 10.2. The van der Waals surface area contributed by atoms with Gasteiger partial charge in [-0.3, -0.25) is 4.57 Å². The average Bonchev–Trinajstić information content (AvgIpc) is 2.70. The van der Waals surface area contributed by atoms with Crippen LogP contribution in [0.1, 0.15) is 5.56 Å². The molecule has 0 aliphatic rings. The van der Waals surface area contributed by atoms with E-state index in [1.165, 1.54) is 0 Å². The number of hydrogen-bond donors (Lipinski definition) is 1. The molecular weight excluding hydrogens is 326 g/mol. The monoisotopic (exact) mass is 335 g/mol. The topological polar surface area (TPSA) is 43.8 Å². The Kier molecular flexibility index (Phi) is 2.99. The Morgan fingerprint density at radius 3 is 2.84 bits per heavy atom. The molecule has 5 heteroatoms. The number of para-hydroxylation sites is 1. The molecule has 0 spiro atoms. The minimum Gasteiger partial charge on any atom is -0.369 e. The SMILES string of the molecule is Cc1ccc(Br)cc1-n1c(N)nc2c(Cl)cccc21. The minimum atomic E-state index is 0.435. The van der Waals surface area contributed by atoms with Crippen molar-refractivity contribution >= 4 is 44.5 Å². The molecule has 2 aromatic carbocycles. The molecule has 3 rings (SSSR count). The molecule has 0 amide bonds. The summed E-state index contributed by atoms with van der Waals surface area (Å²) >= 11 is 9.64. The Morgan fingerprint density at radius 2 is 2.05 bits per heavy atom. The fraction of sp³-hybridized carbons (Fsp3) is 0.0714. The summed E-state index contributed by atoms with van der Waals surface area (Å²) in [5.74, 6) is 0.435. The summed E-state index contributed by atoms with van der Waals surface area (Å²) in [5, 5.41) is 0.607. The van der Waals surface area contributed by atoms with Gasteiger partial charge in [0.1, 0.15) is 5.52 Å². The van der Waals surface area contributed by atoms with Gasteiger partial charge in [-0.15, -0.1) is 0 Å². The number of aromatic nitrogens is 2. The second kappa shape index (κ2) is 4.54. The van der Waals surface area contributed by atoms with Gasteiger partial charge in [0.2, 0.25) is 5.95 Å². The summed E-state index contributed by atoms with van der Waals surface area (Å²) in [4.78, 5) is 4.35. The number of benzene rings is 2. The van der Waals surface area contributed by atoms with Gasteiger partial charge in [0.25, 0.3) is 0 Å². The van der Waals surface area contributed by atoms with Gasteiger partial charge >= 0.3 is 0 Å². The van der Waals surface area contributed by atoms with Crippen molar-refractivity contribution in [1.82, 2.24) is 9.55 Å². The van der Waals surface area contributed by atoms with Crippen LogP contribution < -0.4 is 5.73 Å². The lowest BCUT2D eigenvalue weighted by atomic mass is 10.2. The average molecular weight is 337 g/mol. The Labute approximate surface area is 124 Å². The van der Waals surface area contributed by atoms with Crippen LogP contribution in [-0.2, 0) is 0 Å². The van der Waals surface area contributed by atoms with Crippen LogP contribution in [0.2, 0.25) is 5.02 Å². The molecule has 0 saturated heterocycles. The van der Waals surface area contributed by atoms with Gasteiger partial charge < -0.3 is 5.73 Å². The Balaban J connectivity index is 2.39. The quantitative estimate of drug-likeness (QED) is 0.718. The molecule has 96 valence electrons. The highest BCUT2D eigenvalue weighted by molar-refractivity contribution is 9.10. The Hall–Kier alpha value is -1.52. The van der Waals surface area contributed by atoms with Crippen LogP contribution in [0.3, 0.4) is 0 Å². The lowest BCUT2D eigenvalue weighted by Gasteiger charge is -2.10. The fourth-order valence-electron chi connectivity index (χ4n) is 2.16. The van der Waals surface area contributed by atoms with E-state index in [1.807, 2.05) is 47.9 Å². The first-order valence-electron chi connectivity index (χ1n) is 5.77. The van der Waals surface area contributed by atoms with E-state index in [4.69, 9.17) is 17.3 Å². The van der Waals surface area contributed by atoms with E-state index in [2.05, 4.69) is 20.9 Å². The third-order valence-electron chi connectivity index (χ3n) is 3.07. The van der Waals surface area contributed by atoms with Gasteiger partial charge in [0.15, 0.2) is 0 Å². The minimum absolute atomic E-state index is 0.435. The first-order chi connectivity index (χ1) is 9.08. The van der Waals surface area contributed by atoms with E-state index in [0.717, 1.165) is 26.8 Å². The van der Waals surface area contributed by atoms with E-state index >= 15 is 0 Å². The van der Waals surface area contributed by atoms with Gasteiger partial charge in [-0.05, 0) is 36.8 Å². The molecule has 0 saturated carbocycles. The van der Waals surface area contributed by atoms with Crippen LogP contribution >= 0.6 is 27.5 Å². The van der Waals surface area contributed by atoms with Crippen molar-refractivity contribution in [3.63, 3.8) is 0 Å². The number of nitrogens with two attached hydrogens (primary N) is 1. The van der Waals surface area contributed by atoms with Crippen molar-refractivity contribution in [1.29, 1.82) is 0 Å². The van der Waals surface area contributed by atoms with Crippen molar-refractivity contribution in [3.05, 3.63) is 51.5 Å². The first-order valence-corrected chi connectivity index (χ1v) is 6.94. The van der Waals surface area contributed by atoms with Crippen LogP contribution in [0, 0.1) is 6.92 Å². The second-order valence-electron chi connectivity index (χ2n) is 4.34. The molecule has 2 N–H and O–H groups in total. The zero-order chi connectivity index (χ0) is 13.6. The summed E-state index contributed by atoms with van der Waals surface area (Å²) < 4.78 is 2.91. The van der Waals surface area contributed by atoms with Crippen molar-refractivity contribution in [2.24, 2.45) is 0 Å². The predicted octanol–water partition coefficient (Wildman–Crippen LogP) is 4.33. The van der Waals surface area contributed by atoms with Crippen LogP contribution in [-0.4, -0.2) is 9.55 Å². The largest absolute Gasteiger partial charge is 0.369 e. The summed E-state index contributed by atoms with van der Waals surface area (Å²) in [7, 11) is 0. The number of imidazole rings is 1. The number of rotatable bonds is 1. The van der Waals surface area contributed by atoms with Gasteiger partial charge in [0.05, 0.1) is 16.2 Å². The maximum absolute atomic E-state index is 6.16. The number of hydrogen-bond acceptors (Lipinski definition) is 2. The Morgan fingerprint density at radius 1 is 1.26 bits per heavy atom. The lowest BCUT2D eigenvalue weighted by Crippen LogP contribution is -2.02. The fourth-order valence-corrected chi connectivity index (χ4v) is 2.72. The predicted molar refractivity (Wildman–Crippen MR) is 82.9 cm³/mol. The van der Waals surface area contributed by atoms with Gasteiger partial charge in [0, 0.05) is 4.47 Å². The van der Waals surface area contributed by atoms with Gasteiger partial charge in [-0.25, -0.2) is 4.98 Å². The highest BCUT2D eigenvalue weighted by Gasteiger charge is 2.13. The normalized spacial score (nSPS) is 11.1. The van der Waals surface area contributed by atoms with E-state index in [0.29, 0.717) is 11.0 Å². The third-order valence-corrected chi connectivity index (χ3v) is 3.87. The zero-order valence-corrected chi connectivity index (χ0v) is 12.5. The van der Waals surface area contributed by atoms with Crippen molar-refractivity contribution in [3.8, 4) is 5.69 Å². The van der Waals surface area contributed by atoms with Crippen molar-refractivity contribution in [2.75, 3.05) is 5.73 Å². The van der Waals surface area contributed by atoms with Crippen molar-refractivity contribution in [2.45, 2.75) is 6.92 Å². The maximum Gasteiger partial charge on any atom is 0.205 e. The first kappa shape index (κ1) is 12.5. The summed E-state index contributed by atoms with van der Waals surface area (Å²) in [6.45, 7) is 2.04. The lowest BCUT2D eigenvalue weighted by molar-refractivity contribution is 1.09. The van der Waals surface area contributed by atoms with E-state index in [1.54, 1.807) is 0 Å². The number of aryl methyl sites for hydroxylation is 1. The van der Waals surface area contributed by atoms with Crippen LogP contribution in [0.4, 0.5) is 5.95 Å². The molecule has 1 heterocycles. The maximum atomic E-state index is 6.16. The van der Waals surface area contributed by atoms with Crippen LogP contribution in [0.5, 0.6) is 0 Å². The molecule has 0 fully saturated rings. The summed E-state index contributed by atoms with van der Waals surface area (Å²) in [5.41, 5.74) is 9.80. The molecule has 19 heavy (non-hydrogen) atoms. The molecule has 1 aromatic heterocycles.